The summed E-state index contributed by atoms with van der Waals surface area (Å²) in [6.45, 7) is 6.99. The molecule has 1 atom stereocenters. The van der Waals surface area contributed by atoms with Crippen LogP contribution in [0.5, 0.6) is 5.88 Å². The van der Waals surface area contributed by atoms with Gasteiger partial charge in [0.05, 0.1) is 26.9 Å². The standard InChI is InChI=1S/C22H30N4O2/c1-3-23-22(25-14-19-9-11-24-21(13-19)27-2)26-12-10-20(15-26)17-28-16-18-7-5-4-6-8-18/h4-9,11,13,20H,3,10,12,14-17H2,1-2H3,(H,23,25). The maximum absolute atomic E-state index is 5.94. The second-order valence-electron chi connectivity index (χ2n) is 6.98. The zero-order chi connectivity index (χ0) is 19.6. The number of likely N-dealkylation sites (tertiary alicyclic amines) is 1. The third kappa shape index (κ3) is 5.96. The topological polar surface area (TPSA) is 59.0 Å². The summed E-state index contributed by atoms with van der Waals surface area (Å²) < 4.78 is 11.1. The van der Waals surface area contributed by atoms with E-state index >= 15 is 0 Å². The first-order valence-electron chi connectivity index (χ1n) is 9.92. The second kappa shape index (κ2) is 10.7. The van der Waals surface area contributed by atoms with Gasteiger partial charge in [-0.25, -0.2) is 9.98 Å². The van der Waals surface area contributed by atoms with Crippen molar-refractivity contribution in [1.29, 1.82) is 0 Å². The maximum Gasteiger partial charge on any atom is 0.213 e. The predicted octanol–water partition coefficient (Wildman–Crippen LogP) is 3.09. The highest BCUT2D eigenvalue weighted by Gasteiger charge is 2.25. The Morgan fingerprint density at radius 2 is 2.11 bits per heavy atom. The number of pyridine rings is 1. The minimum atomic E-state index is 0.536. The summed E-state index contributed by atoms with van der Waals surface area (Å²) in [6.07, 6.45) is 2.88. The van der Waals surface area contributed by atoms with Crippen molar-refractivity contribution in [1.82, 2.24) is 15.2 Å². The molecule has 1 fully saturated rings. The third-order valence-corrected chi connectivity index (χ3v) is 4.81. The highest BCUT2D eigenvalue weighted by Crippen LogP contribution is 2.18. The van der Waals surface area contributed by atoms with Gasteiger partial charge < -0.3 is 19.7 Å². The lowest BCUT2D eigenvalue weighted by atomic mass is 10.1. The minimum Gasteiger partial charge on any atom is -0.481 e. The molecule has 150 valence electrons. The van der Waals surface area contributed by atoms with E-state index in [0.29, 0.717) is 24.9 Å². The van der Waals surface area contributed by atoms with Crippen LogP contribution >= 0.6 is 0 Å². The molecule has 6 heteroatoms. The molecule has 1 unspecified atom stereocenters. The first-order valence-corrected chi connectivity index (χ1v) is 9.92. The van der Waals surface area contributed by atoms with Crippen molar-refractivity contribution in [2.75, 3.05) is 33.4 Å². The number of aromatic nitrogens is 1. The average molecular weight is 383 g/mol. The second-order valence-corrected chi connectivity index (χ2v) is 6.98. The van der Waals surface area contributed by atoms with Crippen molar-refractivity contribution in [2.45, 2.75) is 26.5 Å². The van der Waals surface area contributed by atoms with Crippen LogP contribution in [0, 0.1) is 5.92 Å². The van der Waals surface area contributed by atoms with E-state index in [0.717, 1.165) is 44.2 Å². The zero-order valence-electron chi connectivity index (χ0n) is 16.8. The molecule has 1 aliphatic rings. The average Bonchev–Trinajstić information content (AvgIpc) is 3.21. The molecule has 2 heterocycles. The Hall–Kier alpha value is -2.60. The Bertz CT molecular complexity index is 751. The van der Waals surface area contributed by atoms with Gasteiger partial charge in [-0.05, 0) is 30.5 Å². The molecule has 1 aromatic carbocycles. The quantitative estimate of drug-likeness (QED) is 0.562. The summed E-state index contributed by atoms with van der Waals surface area (Å²) in [4.78, 5) is 11.3. The van der Waals surface area contributed by atoms with Crippen LogP contribution in [0.3, 0.4) is 0 Å². The van der Waals surface area contributed by atoms with Crippen molar-refractivity contribution in [3.8, 4) is 5.88 Å². The van der Waals surface area contributed by atoms with Gasteiger partial charge in [-0.15, -0.1) is 0 Å². The van der Waals surface area contributed by atoms with Crippen LogP contribution < -0.4 is 10.1 Å². The van der Waals surface area contributed by atoms with Crippen LogP contribution in [0.25, 0.3) is 0 Å². The van der Waals surface area contributed by atoms with Gasteiger partial charge in [0.2, 0.25) is 5.88 Å². The van der Waals surface area contributed by atoms with E-state index in [-0.39, 0.29) is 0 Å². The fourth-order valence-corrected chi connectivity index (χ4v) is 3.33. The van der Waals surface area contributed by atoms with Gasteiger partial charge in [-0.3, -0.25) is 0 Å². The number of aliphatic imine (C=N–C) groups is 1. The number of methoxy groups -OCH3 is 1. The molecule has 28 heavy (non-hydrogen) atoms. The van der Waals surface area contributed by atoms with Crippen molar-refractivity contribution in [3.63, 3.8) is 0 Å². The number of rotatable bonds is 8. The van der Waals surface area contributed by atoms with Crippen molar-refractivity contribution in [2.24, 2.45) is 10.9 Å². The number of hydrogen-bond donors (Lipinski definition) is 1. The Balaban J connectivity index is 1.51. The third-order valence-electron chi connectivity index (χ3n) is 4.81. The van der Waals surface area contributed by atoms with Gasteiger partial charge in [-0.1, -0.05) is 30.3 Å². The fraction of sp³-hybridized carbons (Fsp3) is 0.455. The first kappa shape index (κ1) is 20.1. The molecule has 1 saturated heterocycles. The normalized spacial score (nSPS) is 17.0. The lowest BCUT2D eigenvalue weighted by Crippen LogP contribution is -2.40. The number of nitrogens with zero attached hydrogens (tertiary/aromatic N) is 3. The van der Waals surface area contributed by atoms with Crippen molar-refractivity contribution >= 4 is 5.96 Å². The molecule has 1 aromatic heterocycles. The van der Waals surface area contributed by atoms with E-state index in [1.165, 1.54) is 5.56 Å². The molecule has 2 aromatic rings. The summed E-state index contributed by atoms with van der Waals surface area (Å²) in [5, 5.41) is 3.41. The highest BCUT2D eigenvalue weighted by molar-refractivity contribution is 5.80. The molecule has 0 aliphatic carbocycles. The van der Waals surface area contributed by atoms with Gasteiger partial charge in [0.1, 0.15) is 0 Å². The lowest BCUT2D eigenvalue weighted by molar-refractivity contribution is 0.0906. The number of nitrogens with one attached hydrogen (secondary N) is 1. The molecule has 1 aliphatic heterocycles. The number of ether oxygens (including phenoxy) is 2. The van der Waals surface area contributed by atoms with Gasteiger partial charge in [0.25, 0.3) is 0 Å². The molecule has 3 rings (SSSR count). The van der Waals surface area contributed by atoms with Crippen molar-refractivity contribution in [3.05, 3.63) is 59.8 Å². The number of benzene rings is 1. The molecule has 0 amide bonds. The largest absolute Gasteiger partial charge is 0.481 e. The molecule has 0 bridgehead atoms. The van der Waals surface area contributed by atoms with Gasteiger partial charge in [0, 0.05) is 37.8 Å². The smallest absolute Gasteiger partial charge is 0.213 e. The predicted molar refractivity (Wildman–Crippen MR) is 111 cm³/mol. The fourth-order valence-electron chi connectivity index (χ4n) is 3.33. The SMILES string of the molecule is CCNC(=NCc1ccnc(OC)c1)N1CCC(COCc2ccccc2)C1. The van der Waals surface area contributed by atoms with Crippen molar-refractivity contribution < 1.29 is 9.47 Å². The monoisotopic (exact) mass is 382 g/mol. The van der Waals surface area contributed by atoms with E-state index in [1.807, 2.05) is 30.3 Å². The molecular formula is C22H30N4O2. The van der Waals surface area contributed by atoms with Crippen LogP contribution in [0.1, 0.15) is 24.5 Å². The molecule has 0 spiro atoms. The summed E-state index contributed by atoms with van der Waals surface area (Å²) in [7, 11) is 1.63. The zero-order valence-corrected chi connectivity index (χ0v) is 16.8. The molecule has 0 radical (unpaired) electrons. The Labute approximate surface area is 167 Å². The Kier molecular flexibility index (Phi) is 7.67. The molecule has 1 N–H and O–H groups in total. The number of hydrogen-bond acceptors (Lipinski definition) is 4. The lowest BCUT2D eigenvalue weighted by Gasteiger charge is -2.21. The van der Waals surface area contributed by atoms with Crippen LogP contribution in [-0.4, -0.2) is 49.2 Å². The van der Waals surface area contributed by atoms with Crippen LogP contribution in [0.2, 0.25) is 0 Å². The molecule has 6 nitrogen and oxygen atoms in total. The summed E-state index contributed by atoms with van der Waals surface area (Å²) in [5.41, 5.74) is 2.31. The van der Waals surface area contributed by atoms with Crippen LogP contribution in [-0.2, 0) is 17.9 Å². The van der Waals surface area contributed by atoms with E-state index < -0.39 is 0 Å². The van der Waals surface area contributed by atoms with Gasteiger partial charge >= 0.3 is 0 Å². The number of guanidine groups is 1. The Morgan fingerprint density at radius 3 is 2.89 bits per heavy atom. The van der Waals surface area contributed by atoms with Crippen LogP contribution in [0.4, 0.5) is 0 Å². The summed E-state index contributed by atoms with van der Waals surface area (Å²) in [6, 6.07) is 14.2. The van der Waals surface area contributed by atoms with E-state index in [1.54, 1.807) is 13.3 Å². The minimum absolute atomic E-state index is 0.536. The molecular weight excluding hydrogens is 352 g/mol. The summed E-state index contributed by atoms with van der Waals surface area (Å²) >= 11 is 0. The van der Waals surface area contributed by atoms with E-state index in [4.69, 9.17) is 14.5 Å². The Morgan fingerprint density at radius 1 is 1.25 bits per heavy atom. The maximum atomic E-state index is 5.94. The van der Waals surface area contributed by atoms with E-state index in [2.05, 4.69) is 34.3 Å². The van der Waals surface area contributed by atoms with Gasteiger partial charge in [-0.2, -0.15) is 0 Å². The van der Waals surface area contributed by atoms with E-state index in [9.17, 15) is 0 Å². The van der Waals surface area contributed by atoms with Crippen LogP contribution in [0.15, 0.2) is 53.7 Å². The van der Waals surface area contributed by atoms with Gasteiger partial charge in [0.15, 0.2) is 5.96 Å². The molecule has 0 saturated carbocycles. The highest BCUT2D eigenvalue weighted by atomic mass is 16.5. The summed E-state index contributed by atoms with van der Waals surface area (Å²) in [5.74, 6) is 2.12. The first-order chi connectivity index (χ1) is 13.8.